The van der Waals surface area contributed by atoms with Gasteiger partial charge in [-0.15, -0.1) is 0 Å². The molecule has 4 nitrogen and oxygen atoms in total. The lowest BCUT2D eigenvalue weighted by molar-refractivity contribution is 0.0607. The summed E-state index contributed by atoms with van der Waals surface area (Å²) in [6.45, 7) is 7.13. The second-order valence-electron chi connectivity index (χ2n) is 7.99. The number of benzene rings is 2. The van der Waals surface area contributed by atoms with Crippen LogP contribution < -0.4 is 5.32 Å². The van der Waals surface area contributed by atoms with Gasteiger partial charge in [0.05, 0.1) is 0 Å². The smallest absolute Gasteiger partial charge is 0.253 e. The SMILES string of the molecule is CCCN(Cc1cccc2c1NCC2)C1CCN(C(=O)c2ccccc2)CC1. The maximum Gasteiger partial charge on any atom is 0.253 e. The summed E-state index contributed by atoms with van der Waals surface area (Å²) in [4.78, 5) is 17.4. The molecule has 0 atom stereocenters. The van der Waals surface area contributed by atoms with Gasteiger partial charge in [0, 0.05) is 43.5 Å². The van der Waals surface area contributed by atoms with Crippen molar-refractivity contribution < 1.29 is 4.79 Å². The van der Waals surface area contributed by atoms with E-state index in [4.69, 9.17) is 0 Å². The van der Waals surface area contributed by atoms with Crippen molar-refractivity contribution in [1.29, 1.82) is 0 Å². The van der Waals surface area contributed by atoms with Gasteiger partial charge in [-0.1, -0.05) is 43.3 Å². The first-order chi connectivity index (χ1) is 13.8. The normalized spacial score (nSPS) is 16.9. The fourth-order valence-corrected chi connectivity index (χ4v) is 4.64. The molecule has 28 heavy (non-hydrogen) atoms. The number of amides is 1. The van der Waals surface area contributed by atoms with Gasteiger partial charge in [-0.2, -0.15) is 0 Å². The fraction of sp³-hybridized carbons (Fsp3) is 0.458. The molecule has 4 rings (SSSR count). The highest BCUT2D eigenvalue weighted by molar-refractivity contribution is 5.94. The zero-order chi connectivity index (χ0) is 19.3. The summed E-state index contributed by atoms with van der Waals surface area (Å²) in [5, 5.41) is 3.58. The van der Waals surface area contributed by atoms with Gasteiger partial charge < -0.3 is 10.2 Å². The van der Waals surface area contributed by atoms with Gasteiger partial charge in [0.1, 0.15) is 0 Å². The molecule has 1 amide bonds. The van der Waals surface area contributed by atoms with E-state index in [1.54, 1.807) is 0 Å². The molecule has 0 spiro atoms. The summed E-state index contributed by atoms with van der Waals surface area (Å²) < 4.78 is 0. The zero-order valence-electron chi connectivity index (χ0n) is 16.9. The Labute approximate surface area is 168 Å². The van der Waals surface area contributed by atoms with Crippen molar-refractivity contribution in [3.8, 4) is 0 Å². The number of anilines is 1. The van der Waals surface area contributed by atoms with E-state index < -0.39 is 0 Å². The first kappa shape index (κ1) is 19.0. The largest absolute Gasteiger partial charge is 0.384 e. The van der Waals surface area contributed by atoms with E-state index in [-0.39, 0.29) is 5.91 Å². The minimum Gasteiger partial charge on any atom is -0.384 e. The Kier molecular flexibility index (Phi) is 5.96. The molecule has 2 aliphatic rings. The first-order valence-corrected chi connectivity index (χ1v) is 10.7. The highest BCUT2D eigenvalue weighted by Gasteiger charge is 2.28. The molecule has 2 heterocycles. The molecule has 0 saturated carbocycles. The van der Waals surface area contributed by atoms with Gasteiger partial charge in [-0.3, -0.25) is 9.69 Å². The van der Waals surface area contributed by atoms with Gasteiger partial charge >= 0.3 is 0 Å². The van der Waals surface area contributed by atoms with Crippen LogP contribution in [0.15, 0.2) is 48.5 Å². The Morgan fingerprint density at radius 2 is 1.89 bits per heavy atom. The molecule has 1 N–H and O–H groups in total. The number of fused-ring (bicyclic) bond motifs is 1. The lowest BCUT2D eigenvalue weighted by Crippen LogP contribution is -2.46. The number of likely N-dealkylation sites (tertiary alicyclic amines) is 1. The van der Waals surface area contributed by atoms with Crippen molar-refractivity contribution >= 4 is 11.6 Å². The maximum atomic E-state index is 12.7. The van der Waals surface area contributed by atoms with Crippen LogP contribution >= 0.6 is 0 Å². The summed E-state index contributed by atoms with van der Waals surface area (Å²) in [6, 6.07) is 16.9. The molecule has 0 aliphatic carbocycles. The summed E-state index contributed by atoms with van der Waals surface area (Å²) in [5.74, 6) is 0.172. The third-order valence-electron chi connectivity index (χ3n) is 6.11. The molecule has 2 aromatic carbocycles. The predicted octanol–water partition coefficient (Wildman–Crippen LogP) is 4.17. The summed E-state index contributed by atoms with van der Waals surface area (Å²) in [6.07, 6.45) is 4.41. The predicted molar refractivity (Wildman–Crippen MR) is 115 cm³/mol. The Balaban J connectivity index is 1.40. The van der Waals surface area contributed by atoms with Gasteiger partial charge in [0.15, 0.2) is 0 Å². The number of nitrogens with zero attached hydrogens (tertiary/aromatic N) is 2. The van der Waals surface area contributed by atoms with E-state index in [0.717, 1.165) is 64.0 Å². The van der Waals surface area contributed by atoms with E-state index in [2.05, 4.69) is 35.3 Å². The van der Waals surface area contributed by atoms with Crippen molar-refractivity contribution in [2.75, 3.05) is 31.5 Å². The number of hydrogen-bond acceptors (Lipinski definition) is 3. The molecule has 0 bridgehead atoms. The number of para-hydroxylation sites is 1. The van der Waals surface area contributed by atoms with Crippen LogP contribution in [0.3, 0.4) is 0 Å². The van der Waals surface area contributed by atoms with Crippen LogP contribution in [-0.2, 0) is 13.0 Å². The summed E-state index contributed by atoms with van der Waals surface area (Å²) in [7, 11) is 0. The maximum absolute atomic E-state index is 12.7. The zero-order valence-corrected chi connectivity index (χ0v) is 16.9. The summed E-state index contributed by atoms with van der Waals surface area (Å²) >= 11 is 0. The van der Waals surface area contributed by atoms with E-state index in [0.29, 0.717) is 6.04 Å². The van der Waals surface area contributed by atoms with Crippen molar-refractivity contribution in [2.24, 2.45) is 0 Å². The number of piperidine rings is 1. The van der Waals surface area contributed by atoms with Crippen LogP contribution in [0.2, 0.25) is 0 Å². The third kappa shape index (κ3) is 4.07. The minimum atomic E-state index is 0.172. The molecule has 0 unspecified atom stereocenters. The Morgan fingerprint density at radius 3 is 2.64 bits per heavy atom. The quantitative estimate of drug-likeness (QED) is 0.821. The van der Waals surface area contributed by atoms with Crippen LogP contribution in [-0.4, -0.2) is 47.9 Å². The third-order valence-corrected chi connectivity index (χ3v) is 6.11. The first-order valence-electron chi connectivity index (χ1n) is 10.7. The van der Waals surface area contributed by atoms with Crippen LogP contribution in [0.1, 0.15) is 47.7 Å². The number of rotatable bonds is 6. The average molecular weight is 378 g/mol. The molecular weight excluding hydrogens is 346 g/mol. The summed E-state index contributed by atoms with van der Waals surface area (Å²) in [5.41, 5.74) is 5.04. The monoisotopic (exact) mass is 377 g/mol. The molecule has 0 radical (unpaired) electrons. The van der Waals surface area contributed by atoms with E-state index in [9.17, 15) is 4.79 Å². The second kappa shape index (κ2) is 8.78. The van der Waals surface area contributed by atoms with Crippen LogP contribution in [0, 0.1) is 0 Å². The van der Waals surface area contributed by atoms with Crippen LogP contribution in [0.25, 0.3) is 0 Å². The molecule has 0 aromatic heterocycles. The number of carbonyl (C=O) groups is 1. The molecule has 2 aromatic rings. The van der Waals surface area contributed by atoms with E-state index in [1.807, 2.05) is 35.2 Å². The topological polar surface area (TPSA) is 35.6 Å². The Hall–Kier alpha value is -2.33. The number of carbonyl (C=O) groups excluding carboxylic acids is 1. The highest BCUT2D eigenvalue weighted by atomic mass is 16.2. The van der Waals surface area contributed by atoms with Gasteiger partial charge in [-0.25, -0.2) is 0 Å². The number of hydrogen-bond donors (Lipinski definition) is 1. The standard InChI is InChI=1S/C24H31N3O/c1-2-15-27(18-21-10-6-9-19-11-14-25-23(19)21)22-12-16-26(17-13-22)24(28)20-7-4-3-5-8-20/h3-10,22,25H,2,11-18H2,1H3. The van der Waals surface area contributed by atoms with Crippen molar-refractivity contribution in [3.63, 3.8) is 0 Å². The van der Waals surface area contributed by atoms with Crippen molar-refractivity contribution in [1.82, 2.24) is 9.80 Å². The van der Waals surface area contributed by atoms with E-state index in [1.165, 1.54) is 16.8 Å². The van der Waals surface area contributed by atoms with E-state index >= 15 is 0 Å². The van der Waals surface area contributed by atoms with Crippen LogP contribution in [0.4, 0.5) is 5.69 Å². The lowest BCUT2D eigenvalue weighted by Gasteiger charge is -2.39. The lowest BCUT2D eigenvalue weighted by atomic mass is 10.00. The average Bonchev–Trinajstić information content (AvgIpc) is 3.24. The molecule has 2 aliphatic heterocycles. The van der Waals surface area contributed by atoms with Crippen LogP contribution in [0.5, 0.6) is 0 Å². The molecule has 148 valence electrons. The minimum absolute atomic E-state index is 0.172. The fourth-order valence-electron chi connectivity index (χ4n) is 4.64. The van der Waals surface area contributed by atoms with Crippen molar-refractivity contribution in [2.45, 2.75) is 45.2 Å². The Morgan fingerprint density at radius 1 is 1.11 bits per heavy atom. The highest BCUT2D eigenvalue weighted by Crippen LogP contribution is 2.29. The molecule has 1 fully saturated rings. The van der Waals surface area contributed by atoms with Gasteiger partial charge in [0.25, 0.3) is 5.91 Å². The van der Waals surface area contributed by atoms with Gasteiger partial charge in [0.2, 0.25) is 0 Å². The van der Waals surface area contributed by atoms with Crippen molar-refractivity contribution in [3.05, 3.63) is 65.2 Å². The molecule has 4 heteroatoms. The molecular formula is C24H31N3O. The number of nitrogens with one attached hydrogen (secondary N) is 1. The molecule has 1 saturated heterocycles. The second-order valence-corrected chi connectivity index (χ2v) is 7.99. The van der Waals surface area contributed by atoms with Gasteiger partial charge in [-0.05, 0) is 55.5 Å². The Bertz CT molecular complexity index is 797.